The lowest BCUT2D eigenvalue weighted by atomic mass is 9.73. The standard InChI is InChI=1S/C15H21ClFN/c1-3-15(8-4-5-9-15)14(18-2)12-10-11(17)6-7-13(12)16/h6-7,10,14,18H,3-5,8-9H2,1-2H3. The van der Waals surface area contributed by atoms with E-state index in [1.165, 1.54) is 31.7 Å². The molecule has 1 saturated carbocycles. The Morgan fingerprint density at radius 1 is 1.39 bits per heavy atom. The average Bonchev–Trinajstić information content (AvgIpc) is 2.84. The van der Waals surface area contributed by atoms with Crippen LogP contribution in [0.5, 0.6) is 0 Å². The van der Waals surface area contributed by atoms with E-state index in [9.17, 15) is 4.39 Å². The van der Waals surface area contributed by atoms with Crippen LogP contribution in [0.4, 0.5) is 4.39 Å². The van der Waals surface area contributed by atoms with Crippen molar-refractivity contribution in [2.75, 3.05) is 7.05 Å². The smallest absolute Gasteiger partial charge is 0.123 e. The Morgan fingerprint density at radius 2 is 2.06 bits per heavy atom. The van der Waals surface area contributed by atoms with Gasteiger partial charge in [-0.3, -0.25) is 0 Å². The van der Waals surface area contributed by atoms with Crippen molar-refractivity contribution in [3.05, 3.63) is 34.6 Å². The fourth-order valence-corrected chi connectivity index (χ4v) is 3.68. The summed E-state index contributed by atoms with van der Waals surface area (Å²) in [6.07, 6.45) is 6.02. The van der Waals surface area contributed by atoms with Crippen molar-refractivity contribution in [3.63, 3.8) is 0 Å². The van der Waals surface area contributed by atoms with E-state index in [0.717, 1.165) is 12.0 Å². The molecule has 0 aromatic heterocycles. The predicted molar refractivity (Wildman–Crippen MR) is 74.4 cm³/mol. The van der Waals surface area contributed by atoms with Gasteiger partial charge in [-0.25, -0.2) is 4.39 Å². The van der Waals surface area contributed by atoms with Crippen molar-refractivity contribution >= 4 is 11.6 Å². The molecule has 0 saturated heterocycles. The highest BCUT2D eigenvalue weighted by atomic mass is 35.5. The van der Waals surface area contributed by atoms with Crippen molar-refractivity contribution in [1.82, 2.24) is 5.32 Å². The molecule has 0 aliphatic heterocycles. The molecule has 1 nitrogen and oxygen atoms in total. The van der Waals surface area contributed by atoms with Crippen LogP contribution in [0.15, 0.2) is 18.2 Å². The third-order valence-electron chi connectivity index (χ3n) is 4.47. The molecule has 18 heavy (non-hydrogen) atoms. The van der Waals surface area contributed by atoms with Gasteiger partial charge in [0, 0.05) is 11.1 Å². The molecule has 0 bridgehead atoms. The lowest BCUT2D eigenvalue weighted by Gasteiger charge is -2.37. The molecule has 100 valence electrons. The molecular formula is C15H21ClFN. The zero-order valence-corrected chi connectivity index (χ0v) is 11.9. The highest BCUT2D eigenvalue weighted by Gasteiger charge is 2.40. The number of hydrogen-bond acceptors (Lipinski definition) is 1. The van der Waals surface area contributed by atoms with Crippen LogP contribution in [0.3, 0.4) is 0 Å². The maximum absolute atomic E-state index is 13.5. The maximum atomic E-state index is 13.5. The minimum absolute atomic E-state index is 0.146. The fraction of sp³-hybridized carbons (Fsp3) is 0.600. The summed E-state index contributed by atoms with van der Waals surface area (Å²) in [5.41, 5.74) is 1.13. The zero-order chi connectivity index (χ0) is 13.2. The summed E-state index contributed by atoms with van der Waals surface area (Å²) in [5.74, 6) is -0.209. The van der Waals surface area contributed by atoms with E-state index in [0.29, 0.717) is 5.02 Å². The van der Waals surface area contributed by atoms with Crippen molar-refractivity contribution in [1.29, 1.82) is 0 Å². The molecular weight excluding hydrogens is 249 g/mol. The molecule has 0 heterocycles. The first-order valence-corrected chi connectivity index (χ1v) is 7.13. The van der Waals surface area contributed by atoms with Gasteiger partial charge in [0.05, 0.1) is 0 Å². The molecule has 1 unspecified atom stereocenters. The summed E-state index contributed by atoms with van der Waals surface area (Å²) < 4.78 is 13.5. The Hall–Kier alpha value is -0.600. The molecule has 0 amide bonds. The Kier molecular flexibility index (Phi) is 4.29. The van der Waals surface area contributed by atoms with Gasteiger partial charge in [0.15, 0.2) is 0 Å². The summed E-state index contributed by atoms with van der Waals surface area (Å²) in [5, 5.41) is 4.03. The summed E-state index contributed by atoms with van der Waals surface area (Å²) in [4.78, 5) is 0. The Balaban J connectivity index is 2.40. The monoisotopic (exact) mass is 269 g/mol. The Labute approximate surface area is 114 Å². The summed E-state index contributed by atoms with van der Waals surface area (Å²) in [6, 6.07) is 4.81. The number of benzene rings is 1. The first-order chi connectivity index (χ1) is 8.63. The molecule has 1 aliphatic rings. The number of nitrogens with one attached hydrogen (secondary N) is 1. The van der Waals surface area contributed by atoms with E-state index >= 15 is 0 Å². The van der Waals surface area contributed by atoms with Crippen LogP contribution in [0.25, 0.3) is 0 Å². The molecule has 1 atom stereocenters. The summed E-state index contributed by atoms with van der Waals surface area (Å²) in [6.45, 7) is 2.23. The molecule has 0 spiro atoms. The van der Waals surface area contributed by atoms with Gasteiger partial charge in [-0.1, -0.05) is 31.4 Å². The number of hydrogen-bond donors (Lipinski definition) is 1. The van der Waals surface area contributed by atoms with Gasteiger partial charge in [0.25, 0.3) is 0 Å². The zero-order valence-electron chi connectivity index (χ0n) is 11.1. The predicted octanol–water partition coefficient (Wildman–Crippen LogP) is 4.71. The summed E-state index contributed by atoms with van der Waals surface area (Å²) in [7, 11) is 1.95. The SMILES string of the molecule is CCC1(C(NC)c2cc(F)ccc2Cl)CCCC1. The Bertz CT molecular complexity index is 413. The van der Waals surface area contributed by atoms with E-state index in [1.807, 2.05) is 7.05 Å². The van der Waals surface area contributed by atoms with Crippen LogP contribution in [0.2, 0.25) is 5.02 Å². The lowest BCUT2D eigenvalue weighted by molar-refractivity contribution is 0.195. The van der Waals surface area contributed by atoms with E-state index in [1.54, 1.807) is 12.1 Å². The minimum Gasteiger partial charge on any atom is -0.312 e. The minimum atomic E-state index is -0.209. The molecule has 3 heteroatoms. The van der Waals surface area contributed by atoms with Crippen molar-refractivity contribution in [2.45, 2.75) is 45.1 Å². The molecule has 1 aromatic rings. The van der Waals surface area contributed by atoms with E-state index < -0.39 is 0 Å². The van der Waals surface area contributed by atoms with Gasteiger partial charge in [-0.2, -0.15) is 0 Å². The molecule has 2 rings (SSSR count). The first-order valence-electron chi connectivity index (χ1n) is 6.75. The molecule has 1 aliphatic carbocycles. The van der Waals surface area contributed by atoms with Gasteiger partial charge in [0.1, 0.15) is 5.82 Å². The average molecular weight is 270 g/mol. The van der Waals surface area contributed by atoms with Gasteiger partial charge >= 0.3 is 0 Å². The summed E-state index contributed by atoms with van der Waals surface area (Å²) >= 11 is 6.26. The van der Waals surface area contributed by atoms with Gasteiger partial charge in [-0.05, 0) is 55.5 Å². The van der Waals surface area contributed by atoms with Gasteiger partial charge < -0.3 is 5.32 Å². The molecule has 0 radical (unpaired) electrons. The number of rotatable bonds is 4. The second-order valence-electron chi connectivity index (χ2n) is 5.31. The quantitative estimate of drug-likeness (QED) is 0.835. The Morgan fingerprint density at radius 3 is 2.61 bits per heavy atom. The number of halogens is 2. The molecule has 1 N–H and O–H groups in total. The fourth-order valence-electron chi connectivity index (χ4n) is 3.45. The van der Waals surface area contributed by atoms with Crippen molar-refractivity contribution in [3.8, 4) is 0 Å². The van der Waals surface area contributed by atoms with E-state index in [2.05, 4.69) is 12.2 Å². The van der Waals surface area contributed by atoms with Gasteiger partial charge in [0.2, 0.25) is 0 Å². The highest BCUT2D eigenvalue weighted by Crippen LogP contribution is 2.50. The van der Waals surface area contributed by atoms with Crippen LogP contribution in [0.1, 0.15) is 50.6 Å². The van der Waals surface area contributed by atoms with Crippen molar-refractivity contribution in [2.24, 2.45) is 5.41 Å². The van der Waals surface area contributed by atoms with Crippen LogP contribution in [-0.4, -0.2) is 7.05 Å². The molecule has 1 aromatic carbocycles. The van der Waals surface area contributed by atoms with E-state index in [-0.39, 0.29) is 17.3 Å². The highest BCUT2D eigenvalue weighted by molar-refractivity contribution is 6.31. The van der Waals surface area contributed by atoms with E-state index in [4.69, 9.17) is 11.6 Å². The van der Waals surface area contributed by atoms with Gasteiger partial charge in [-0.15, -0.1) is 0 Å². The van der Waals surface area contributed by atoms with Crippen LogP contribution in [-0.2, 0) is 0 Å². The first kappa shape index (κ1) is 13.8. The second-order valence-corrected chi connectivity index (χ2v) is 5.72. The third-order valence-corrected chi connectivity index (χ3v) is 4.82. The second kappa shape index (κ2) is 5.58. The lowest BCUT2D eigenvalue weighted by Crippen LogP contribution is -2.34. The third kappa shape index (κ3) is 2.41. The van der Waals surface area contributed by atoms with Crippen LogP contribution < -0.4 is 5.32 Å². The maximum Gasteiger partial charge on any atom is 0.123 e. The topological polar surface area (TPSA) is 12.0 Å². The largest absolute Gasteiger partial charge is 0.312 e. The van der Waals surface area contributed by atoms with Crippen LogP contribution >= 0.6 is 11.6 Å². The molecule has 1 fully saturated rings. The normalized spacial score (nSPS) is 20.0. The van der Waals surface area contributed by atoms with Crippen molar-refractivity contribution < 1.29 is 4.39 Å². The van der Waals surface area contributed by atoms with Crippen LogP contribution in [0, 0.1) is 11.2 Å².